The summed E-state index contributed by atoms with van der Waals surface area (Å²) in [6, 6.07) is 9.57. The summed E-state index contributed by atoms with van der Waals surface area (Å²) in [6.07, 6.45) is -0.281. The predicted molar refractivity (Wildman–Crippen MR) is 102 cm³/mol. The second kappa shape index (κ2) is 9.57. The first kappa shape index (κ1) is 20.2. The lowest BCUT2D eigenvalue weighted by molar-refractivity contribution is -0.138. The van der Waals surface area contributed by atoms with Gasteiger partial charge in [0.05, 0.1) is 6.61 Å². The fourth-order valence-corrected chi connectivity index (χ4v) is 3.02. The lowest BCUT2D eigenvalue weighted by atomic mass is 10.0. The number of benzene rings is 1. The molecule has 0 N–H and O–H groups in total. The SMILES string of the molecule is CCN(C)C(C(=O)N1CCN(C(=O)OCC(C)C)CC1)c1ccccc1. The number of rotatable bonds is 6. The van der Waals surface area contributed by atoms with E-state index in [2.05, 4.69) is 4.90 Å². The Kier molecular flexibility index (Phi) is 7.45. The monoisotopic (exact) mass is 361 g/mol. The summed E-state index contributed by atoms with van der Waals surface area (Å²) < 4.78 is 5.29. The molecule has 1 atom stereocenters. The molecule has 1 aliphatic heterocycles. The highest BCUT2D eigenvalue weighted by Crippen LogP contribution is 2.22. The molecule has 1 aromatic rings. The van der Waals surface area contributed by atoms with Crippen molar-refractivity contribution < 1.29 is 14.3 Å². The Morgan fingerprint density at radius 2 is 1.65 bits per heavy atom. The largest absolute Gasteiger partial charge is 0.449 e. The highest BCUT2D eigenvalue weighted by molar-refractivity contribution is 5.83. The first-order valence-corrected chi connectivity index (χ1v) is 9.39. The topological polar surface area (TPSA) is 53.1 Å². The van der Waals surface area contributed by atoms with Crippen LogP contribution in [0, 0.1) is 5.92 Å². The molecule has 0 radical (unpaired) electrons. The van der Waals surface area contributed by atoms with E-state index < -0.39 is 0 Å². The number of nitrogens with zero attached hydrogens (tertiary/aromatic N) is 3. The number of carbonyl (C=O) groups excluding carboxylic acids is 2. The molecule has 1 unspecified atom stereocenters. The van der Waals surface area contributed by atoms with E-state index >= 15 is 0 Å². The normalized spacial score (nSPS) is 16.1. The molecule has 6 heteroatoms. The van der Waals surface area contributed by atoms with Crippen molar-refractivity contribution >= 4 is 12.0 Å². The first-order valence-electron chi connectivity index (χ1n) is 9.39. The van der Waals surface area contributed by atoms with E-state index in [0.717, 1.165) is 12.1 Å². The molecule has 26 heavy (non-hydrogen) atoms. The van der Waals surface area contributed by atoms with Crippen LogP contribution in [-0.2, 0) is 9.53 Å². The Hall–Kier alpha value is -2.08. The second-order valence-corrected chi connectivity index (χ2v) is 7.17. The average Bonchev–Trinajstić information content (AvgIpc) is 2.67. The number of piperazine rings is 1. The molecule has 0 saturated carbocycles. The van der Waals surface area contributed by atoms with Crippen molar-refractivity contribution in [2.75, 3.05) is 46.4 Å². The van der Waals surface area contributed by atoms with Crippen LogP contribution >= 0.6 is 0 Å². The minimum atomic E-state index is -0.291. The smallest absolute Gasteiger partial charge is 0.409 e. The molecule has 1 heterocycles. The molecule has 2 amide bonds. The van der Waals surface area contributed by atoms with E-state index in [1.807, 2.05) is 63.1 Å². The second-order valence-electron chi connectivity index (χ2n) is 7.17. The van der Waals surface area contributed by atoms with Crippen molar-refractivity contribution in [2.24, 2.45) is 5.92 Å². The maximum atomic E-state index is 13.1. The van der Waals surface area contributed by atoms with Gasteiger partial charge in [0.15, 0.2) is 0 Å². The van der Waals surface area contributed by atoms with Gasteiger partial charge in [0.25, 0.3) is 0 Å². The number of ether oxygens (including phenoxy) is 1. The zero-order chi connectivity index (χ0) is 19.1. The summed E-state index contributed by atoms with van der Waals surface area (Å²) in [4.78, 5) is 30.8. The number of hydrogen-bond donors (Lipinski definition) is 0. The molecule has 6 nitrogen and oxygen atoms in total. The van der Waals surface area contributed by atoms with Crippen molar-refractivity contribution in [3.8, 4) is 0 Å². The van der Waals surface area contributed by atoms with E-state index in [-0.39, 0.29) is 18.0 Å². The van der Waals surface area contributed by atoms with Gasteiger partial charge in [0, 0.05) is 26.2 Å². The molecule has 1 fully saturated rings. The number of likely N-dealkylation sites (N-methyl/N-ethyl adjacent to an activating group) is 1. The van der Waals surface area contributed by atoms with Crippen LogP contribution in [-0.4, -0.2) is 73.1 Å². The fourth-order valence-electron chi connectivity index (χ4n) is 3.02. The first-order chi connectivity index (χ1) is 12.4. The number of hydrogen-bond acceptors (Lipinski definition) is 4. The Labute approximate surface area is 156 Å². The van der Waals surface area contributed by atoms with Crippen LogP contribution in [0.5, 0.6) is 0 Å². The standard InChI is InChI=1S/C20H31N3O3/c1-5-21(4)18(17-9-7-6-8-10-17)19(24)22-11-13-23(14-12-22)20(25)26-15-16(2)3/h6-10,16,18H,5,11-15H2,1-4H3. The summed E-state index contributed by atoms with van der Waals surface area (Å²) in [5.41, 5.74) is 1.00. The zero-order valence-electron chi connectivity index (χ0n) is 16.4. The third kappa shape index (κ3) is 5.21. The molecule has 144 valence electrons. The Bertz CT molecular complexity index is 583. The fraction of sp³-hybridized carbons (Fsp3) is 0.600. The molecular formula is C20H31N3O3. The van der Waals surface area contributed by atoms with Gasteiger partial charge >= 0.3 is 6.09 Å². The van der Waals surface area contributed by atoms with E-state index in [4.69, 9.17) is 4.74 Å². The number of carbonyl (C=O) groups is 2. The van der Waals surface area contributed by atoms with Crippen molar-refractivity contribution in [3.05, 3.63) is 35.9 Å². The summed E-state index contributed by atoms with van der Waals surface area (Å²) in [6.45, 7) is 9.39. The van der Waals surface area contributed by atoms with Crippen LogP contribution < -0.4 is 0 Å². The Morgan fingerprint density at radius 3 is 2.19 bits per heavy atom. The van der Waals surface area contributed by atoms with Gasteiger partial charge in [-0.3, -0.25) is 9.69 Å². The van der Waals surface area contributed by atoms with Crippen LogP contribution in [0.4, 0.5) is 4.79 Å². The molecular weight excluding hydrogens is 330 g/mol. The maximum Gasteiger partial charge on any atom is 0.409 e. The minimum Gasteiger partial charge on any atom is -0.449 e. The highest BCUT2D eigenvalue weighted by atomic mass is 16.6. The molecule has 0 bridgehead atoms. The molecule has 0 aromatic heterocycles. The van der Waals surface area contributed by atoms with E-state index in [1.54, 1.807) is 4.90 Å². The van der Waals surface area contributed by atoms with E-state index in [1.165, 1.54) is 0 Å². The lowest BCUT2D eigenvalue weighted by Gasteiger charge is -2.37. The Balaban J connectivity index is 1.98. The van der Waals surface area contributed by atoms with Gasteiger partial charge in [0.2, 0.25) is 5.91 Å². The molecule has 0 aliphatic carbocycles. The Morgan fingerprint density at radius 1 is 1.08 bits per heavy atom. The average molecular weight is 361 g/mol. The molecule has 2 rings (SSSR count). The van der Waals surface area contributed by atoms with Gasteiger partial charge < -0.3 is 14.5 Å². The molecule has 1 saturated heterocycles. The van der Waals surface area contributed by atoms with Crippen molar-refractivity contribution in [1.82, 2.24) is 14.7 Å². The lowest BCUT2D eigenvalue weighted by Crippen LogP contribution is -2.53. The summed E-state index contributed by atoms with van der Waals surface area (Å²) in [7, 11) is 1.97. The van der Waals surface area contributed by atoms with Gasteiger partial charge in [-0.15, -0.1) is 0 Å². The van der Waals surface area contributed by atoms with Crippen LogP contribution in [0.15, 0.2) is 30.3 Å². The van der Waals surface area contributed by atoms with Crippen molar-refractivity contribution in [3.63, 3.8) is 0 Å². The zero-order valence-corrected chi connectivity index (χ0v) is 16.4. The maximum absolute atomic E-state index is 13.1. The van der Waals surface area contributed by atoms with Gasteiger partial charge in [-0.2, -0.15) is 0 Å². The van der Waals surface area contributed by atoms with Crippen LogP contribution in [0.25, 0.3) is 0 Å². The van der Waals surface area contributed by atoms with E-state index in [0.29, 0.717) is 38.7 Å². The summed E-state index contributed by atoms with van der Waals surface area (Å²) in [5.74, 6) is 0.411. The van der Waals surface area contributed by atoms with Crippen molar-refractivity contribution in [2.45, 2.75) is 26.8 Å². The molecule has 0 spiro atoms. The third-order valence-corrected chi connectivity index (χ3v) is 4.68. The number of amides is 2. The minimum absolute atomic E-state index is 0.0933. The van der Waals surface area contributed by atoms with Gasteiger partial charge in [-0.1, -0.05) is 51.1 Å². The summed E-state index contributed by atoms with van der Waals surface area (Å²) in [5, 5.41) is 0. The van der Waals surface area contributed by atoms with Gasteiger partial charge in [-0.25, -0.2) is 4.79 Å². The van der Waals surface area contributed by atoms with Crippen LogP contribution in [0.3, 0.4) is 0 Å². The highest BCUT2D eigenvalue weighted by Gasteiger charge is 2.32. The van der Waals surface area contributed by atoms with Crippen LogP contribution in [0.2, 0.25) is 0 Å². The van der Waals surface area contributed by atoms with E-state index in [9.17, 15) is 9.59 Å². The molecule has 1 aromatic carbocycles. The summed E-state index contributed by atoms with van der Waals surface area (Å²) >= 11 is 0. The molecule has 1 aliphatic rings. The third-order valence-electron chi connectivity index (χ3n) is 4.68. The predicted octanol–water partition coefficient (Wildman–Crippen LogP) is 2.62. The van der Waals surface area contributed by atoms with Gasteiger partial charge in [0.1, 0.15) is 6.04 Å². The van der Waals surface area contributed by atoms with Crippen LogP contribution in [0.1, 0.15) is 32.4 Å². The van der Waals surface area contributed by atoms with Crippen molar-refractivity contribution in [1.29, 1.82) is 0 Å². The van der Waals surface area contributed by atoms with Gasteiger partial charge in [-0.05, 0) is 25.1 Å². The quantitative estimate of drug-likeness (QED) is 0.782.